The van der Waals surface area contributed by atoms with Crippen molar-refractivity contribution >= 4 is 16.5 Å². The predicted molar refractivity (Wildman–Crippen MR) is 57.1 cm³/mol. The van der Waals surface area contributed by atoms with Crippen molar-refractivity contribution in [3.05, 3.63) is 24.5 Å². The second-order valence-electron chi connectivity index (χ2n) is 2.59. The van der Waals surface area contributed by atoms with Crippen molar-refractivity contribution in [3.8, 4) is 11.4 Å². The van der Waals surface area contributed by atoms with Gasteiger partial charge in [-0.05, 0) is 12.1 Å². The summed E-state index contributed by atoms with van der Waals surface area (Å²) in [6, 6.07) is 2.56. The number of hydrogen-bond acceptors (Lipinski definition) is 5. The van der Waals surface area contributed by atoms with Crippen molar-refractivity contribution in [2.75, 3.05) is 0 Å². The zero-order chi connectivity index (χ0) is 12.7. The van der Waals surface area contributed by atoms with Gasteiger partial charge in [-0.3, -0.25) is 10.2 Å². The van der Waals surface area contributed by atoms with Crippen molar-refractivity contribution < 1.29 is 13.2 Å². The topological polar surface area (TPSA) is 147 Å². The quantitative estimate of drug-likeness (QED) is 0.653. The van der Waals surface area contributed by atoms with E-state index in [1.807, 2.05) is 12.1 Å². The summed E-state index contributed by atoms with van der Waals surface area (Å²) in [6.07, 6.45) is 3.41. The first-order valence-electron chi connectivity index (χ1n) is 4.19. The average molecular weight is 256 g/mol. The summed E-state index contributed by atoms with van der Waals surface area (Å²) in [5, 5.41) is 13.2. The van der Waals surface area contributed by atoms with Gasteiger partial charge in [-0.25, -0.2) is 4.79 Å². The molecule has 0 saturated heterocycles. The molecule has 0 aliphatic carbocycles. The molecule has 0 aliphatic rings. The van der Waals surface area contributed by atoms with E-state index in [9.17, 15) is 13.2 Å². The van der Waals surface area contributed by atoms with Crippen LogP contribution in [0.25, 0.3) is 11.4 Å². The van der Waals surface area contributed by atoms with Crippen LogP contribution < -0.4 is 5.73 Å². The largest absolute Gasteiger partial charge is 0.353 e. The Kier molecular flexibility index (Phi) is 4.57. The smallest absolute Gasteiger partial charge is 0.349 e. The van der Waals surface area contributed by atoms with Crippen molar-refractivity contribution in [3.63, 3.8) is 0 Å². The van der Waals surface area contributed by atoms with Gasteiger partial charge in [0.15, 0.2) is 0 Å². The second kappa shape index (κ2) is 6.17. The molecule has 2 heterocycles. The zero-order valence-corrected chi connectivity index (χ0v) is 9.18. The first kappa shape index (κ1) is 12.6. The standard InChI is InChI=1S/C6H6N4.CH2N2O3S/c1-3-7-9-5(1)6-2-4-8-10-6;2-1(4)3-7(5)6/h1-4H,(H,7,9)(H,8,10);(H2,2,4). The van der Waals surface area contributed by atoms with Crippen molar-refractivity contribution in [1.29, 1.82) is 0 Å². The second-order valence-corrected chi connectivity index (χ2v) is 3.20. The lowest BCUT2D eigenvalue weighted by molar-refractivity contribution is 0.257. The van der Waals surface area contributed by atoms with Gasteiger partial charge >= 0.3 is 16.5 Å². The third-order valence-electron chi connectivity index (χ3n) is 1.46. The van der Waals surface area contributed by atoms with Crippen LogP contribution in [0.5, 0.6) is 0 Å². The third kappa shape index (κ3) is 4.70. The molecule has 0 aliphatic heterocycles. The van der Waals surface area contributed by atoms with Gasteiger partial charge in [-0.2, -0.15) is 18.6 Å². The molecule has 0 aromatic carbocycles. The Morgan fingerprint density at radius 2 is 1.65 bits per heavy atom. The van der Waals surface area contributed by atoms with Crippen LogP contribution in [0.4, 0.5) is 4.79 Å². The number of rotatable bonds is 1. The maximum atomic E-state index is 9.47. The van der Waals surface area contributed by atoms with Crippen LogP contribution in [-0.4, -0.2) is 34.8 Å². The van der Waals surface area contributed by atoms with Crippen LogP contribution in [0.3, 0.4) is 0 Å². The maximum Gasteiger partial charge on any atom is 0.353 e. The molecule has 4 N–H and O–H groups in total. The molecule has 0 bridgehead atoms. The van der Waals surface area contributed by atoms with Crippen LogP contribution >= 0.6 is 0 Å². The first-order chi connectivity index (χ1) is 8.09. The number of aromatic amines is 2. The van der Waals surface area contributed by atoms with E-state index in [1.165, 1.54) is 0 Å². The molecule has 0 atom stereocenters. The number of carbonyl (C=O) groups excluding carboxylic acids is 1. The molecule has 0 unspecified atom stereocenters. The SMILES string of the molecule is NC(=O)N=S(=O)=O.c1cc(-c2ccn[nH]2)[nH]n1. The van der Waals surface area contributed by atoms with E-state index in [1.54, 1.807) is 12.4 Å². The minimum Gasteiger partial charge on any atom is -0.349 e. The van der Waals surface area contributed by atoms with Gasteiger partial charge in [0.1, 0.15) is 0 Å². The summed E-state index contributed by atoms with van der Waals surface area (Å²) < 4.78 is 21.0. The van der Waals surface area contributed by atoms with Crippen molar-refractivity contribution in [2.45, 2.75) is 0 Å². The molecular formula is C7H8N6O3S. The van der Waals surface area contributed by atoms with Crippen LogP contribution in [0.2, 0.25) is 0 Å². The van der Waals surface area contributed by atoms with Gasteiger partial charge in [0, 0.05) is 12.4 Å². The minimum atomic E-state index is -2.70. The molecule has 2 aromatic rings. The Balaban J connectivity index is 0.000000185. The van der Waals surface area contributed by atoms with Gasteiger partial charge in [-0.1, -0.05) is 4.36 Å². The molecule has 90 valence electrons. The molecule has 10 heteroatoms. The van der Waals surface area contributed by atoms with E-state index >= 15 is 0 Å². The number of nitrogens with two attached hydrogens (primary N) is 1. The summed E-state index contributed by atoms with van der Waals surface area (Å²) in [7, 11) is -2.70. The number of primary amides is 1. The van der Waals surface area contributed by atoms with Gasteiger partial charge in [-0.15, -0.1) is 0 Å². The number of urea groups is 1. The van der Waals surface area contributed by atoms with Crippen LogP contribution in [-0.2, 0) is 10.5 Å². The van der Waals surface area contributed by atoms with Gasteiger partial charge in [0.05, 0.1) is 11.4 Å². The Bertz CT molecular complexity index is 545. The lowest BCUT2D eigenvalue weighted by Gasteiger charge is -1.85. The van der Waals surface area contributed by atoms with E-state index < -0.39 is 16.5 Å². The Labute approximate surface area is 96.7 Å². The molecule has 9 nitrogen and oxygen atoms in total. The number of carbonyl (C=O) groups is 1. The van der Waals surface area contributed by atoms with E-state index in [2.05, 4.69) is 30.5 Å². The average Bonchev–Trinajstić information content (AvgIpc) is 2.89. The molecule has 0 spiro atoms. The predicted octanol–water partition coefficient (Wildman–Crippen LogP) is -0.0724. The fraction of sp³-hybridized carbons (Fsp3) is 0. The van der Waals surface area contributed by atoms with Crippen molar-refractivity contribution in [2.24, 2.45) is 10.1 Å². The lowest BCUT2D eigenvalue weighted by atomic mass is 10.3. The molecule has 2 amide bonds. The Morgan fingerprint density at radius 3 is 1.82 bits per heavy atom. The number of H-pyrrole nitrogens is 2. The number of nitrogens with one attached hydrogen (secondary N) is 2. The highest BCUT2D eigenvalue weighted by molar-refractivity contribution is 7.62. The Hall–Kier alpha value is -2.49. The normalized spacial score (nSPS) is 8.94. The fourth-order valence-corrected chi connectivity index (χ4v) is 1.03. The monoisotopic (exact) mass is 256 g/mol. The highest BCUT2D eigenvalue weighted by atomic mass is 32.2. The molecule has 0 radical (unpaired) electrons. The van der Waals surface area contributed by atoms with Crippen molar-refractivity contribution in [1.82, 2.24) is 20.4 Å². The van der Waals surface area contributed by atoms with Gasteiger partial charge in [0.25, 0.3) is 0 Å². The molecule has 0 fully saturated rings. The highest BCUT2D eigenvalue weighted by Crippen LogP contribution is 2.09. The highest BCUT2D eigenvalue weighted by Gasteiger charge is 1.96. The number of hydrogen-bond donors (Lipinski definition) is 3. The van der Waals surface area contributed by atoms with E-state index in [0.29, 0.717) is 0 Å². The molecule has 2 rings (SSSR count). The fourth-order valence-electron chi connectivity index (χ4n) is 0.885. The first-order valence-corrected chi connectivity index (χ1v) is 5.22. The van der Waals surface area contributed by atoms with Crippen LogP contribution in [0.15, 0.2) is 28.9 Å². The third-order valence-corrected chi connectivity index (χ3v) is 1.79. The summed E-state index contributed by atoms with van der Waals surface area (Å²) in [4.78, 5) is 9.47. The Morgan fingerprint density at radius 1 is 1.18 bits per heavy atom. The number of amides is 2. The maximum absolute atomic E-state index is 9.47. The van der Waals surface area contributed by atoms with Gasteiger partial charge in [0.2, 0.25) is 0 Å². The number of aromatic nitrogens is 4. The summed E-state index contributed by atoms with van der Waals surface area (Å²) in [5.41, 5.74) is 6.21. The lowest BCUT2D eigenvalue weighted by Crippen LogP contribution is -2.02. The summed E-state index contributed by atoms with van der Waals surface area (Å²) >= 11 is 0. The summed E-state index contributed by atoms with van der Waals surface area (Å²) in [5.74, 6) is 0. The summed E-state index contributed by atoms with van der Waals surface area (Å²) in [6.45, 7) is 0. The van der Waals surface area contributed by atoms with E-state index in [4.69, 9.17) is 0 Å². The zero-order valence-electron chi connectivity index (χ0n) is 8.36. The van der Waals surface area contributed by atoms with Crippen LogP contribution in [0.1, 0.15) is 0 Å². The number of nitrogens with zero attached hydrogens (tertiary/aromatic N) is 3. The van der Waals surface area contributed by atoms with E-state index in [0.717, 1.165) is 11.4 Å². The molecular weight excluding hydrogens is 248 g/mol. The van der Waals surface area contributed by atoms with Gasteiger partial charge < -0.3 is 5.73 Å². The molecule has 2 aromatic heterocycles. The molecule has 0 saturated carbocycles. The molecule has 17 heavy (non-hydrogen) atoms. The minimum absolute atomic E-state index is 0.956. The van der Waals surface area contributed by atoms with E-state index in [-0.39, 0.29) is 0 Å². The van der Waals surface area contributed by atoms with Crippen LogP contribution in [0, 0.1) is 0 Å².